The highest BCUT2D eigenvalue weighted by atomic mass is 16.2. The molecule has 3 unspecified atom stereocenters. The molecule has 39 heavy (non-hydrogen) atoms. The van der Waals surface area contributed by atoms with Crippen molar-refractivity contribution in [2.45, 2.75) is 12.3 Å². The number of piperidine rings is 1. The van der Waals surface area contributed by atoms with Gasteiger partial charge in [0.25, 0.3) is 11.8 Å². The molecule has 8 rings (SSSR count). The molecule has 2 amide bonds. The van der Waals surface area contributed by atoms with Crippen molar-refractivity contribution >= 4 is 45.1 Å². The van der Waals surface area contributed by atoms with Crippen LogP contribution in [-0.4, -0.2) is 39.0 Å². The predicted molar refractivity (Wildman–Crippen MR) is 149 cm³/mol. The average Bonchev–Trinajstić information content (AvgIpc) is 3.40. The van der Waals surface area contributed by atoms with Crippen LogP contribution in [0.3, 0.4) is 0 Å². The van der Waals surface area contributed by atoms with Gasteiger partial charge in [-0.2, -0.15) is 0 Å². The van der Waals surface area contributed by atoms with Crippen molar-refractivity contribution < 1.29 is 14.4 Å². The van der Waals surface area contributed by atoms with E-state index in [0.29, 0.717) is 35.5 Å². The normalized spacial score (nSPS) is 22.8. The fraction of sp³-hybridized carbons (Fsp3) is 0.156. The number of anilines is 1. The third-order valence-corrected chi connectivity index (χ3v) is 8.93. The second-order valence-electron chi connectivity index (χ2n) is 10.8. The molecule has 2 aromatic heterocycles. The Labute approximate surface area is 223 Å². The molecule has 1 spiro atoms. The van der Waals surface area contributed by atoms with Crippen LogP contribution in [0.5, 0.6) is 0 Å². The molecule has 2 aliphatic carbocycles. The van der Waals surface area contributed by atoms with E-state index in [1.54, 1.807) is 11.0 Å². The molecule has 5 aromatic rings. The van der Waals surface area contributed by atoms with E-state index in [-0.39, 0.29) is 23.0 Å². The summed E-state index contributed by atoms with van der Waals surface area (Å²) in [6.45, 7) is 2.80. The van der Waals surface area contributed by atoms with E-state index in [9.17, 15) is 14.4 Å². The molecule has 2 fully saturated rings. The lowest BCUT2D eigenvalue weighted by Crippen LogP contribution is -2.35. The SMILES string of the molecule is CC1C2CN(C(=O)c3cc4cc(NC(=O)c5cc6ccccc6[nH]5)ccc4[nH]3)C3=CC(=O)c4ccccc4C312. The van der Waals surface area contributed by atoms with Crippen molar-refractivity contribution in [2.24, 2.45) is 11.8 Å². The maximum atomic E-state index is 13.8. The molecule has 1 saturated heterocycles. The molecule has 3 N–H and O–H groups in total. The van der Waals surface area contributed by atoms with Gasteiger partial charge >= 0.3 is 0 Å². The van der Waals surface area contributed by atoms with Crippen LogP contribution in [-0.2, 0) is 5.41 Å². The number of ketones is 1. The first kappa shape index (κ1) is 22.1. The van der Waals surface area contributed by atoms with Gasteiger partial charge in [-0.15, -0.1) is 0 Å². The van der Waals surface area contributed by atoms with Gasteiger partial charge in [0.15, 0.2) is 5.78 Å². The smallest absolute Gasteiger partial charge is 0.274 e. The van der Waals surface area contributed by atoms with Gasteiger partial charge in [-0.3, -0.25) is 14.4 Å². The van der Waals surface area contributed by atoms with E-state index in [2.05, 4.69) is 22.2 Å². The number of para-hydroxylation sites is 1. The van der Waals surface area contributed by atoms with Gasteiger partial charge in [-0.25, -0.2) is 0 Å². The van der Waals surface area contributed by atoms with Crippen LogP contribution < -0.4 is 5.32 Å². The van der Waals surface area contributed by atoms with Gasteiger partial charge in [0, 0.05) is 56.8 Å². The summed E-state index contributed by atoms with van der Waals surface area (Å²) in [7, 11) is 0. The standard InChI is InChI=1S/C32H24N4O3/c1-17-23-16-36(29-15-28(37)21-7-3-4-8-22(21)32(17,23)29)31(39)27-14-19-12-20(10-11-25(19)35-27)33-30(38)26-13-18-6-2-5-9-24(18)34-26/h2-15,17,23,34-35H,16H2,1H3,(H,33,38). The Bertz CT molecular complexity index is 1900. The van der Waals surface area contributed by atoms with Crippen LogP contribution in [0.15, 0.2) is 90.6 Å². The second-order valence-corrected chi connectivity index (χ2v) is 10.8. The van der Waals surface area contributed by atoms with Gasteiger partial charge in [0.1, 0.15) is 11.4 Å². The number of amides is 2. The number of aromatic nitrogens is 2. The topological polar surface area (TPSA) is 98.1 Å². The van der Waals surface area contributed by atoms with E-state index >= 15 is 0 Å². The number of carbonyl (C=O) groups excluding carboxylic acids is 3. The minimum Gasteiger partial charge on any atom is -0.351 e. The van der Waals surface area contributed by atoms with Crippen LogP contribution in [0.25, 0.3) is 21.8 Å². The molecule has 1 saturated carbocycles. The van der Waals surface area contributed by atoms with Crippen LogP contribution in [0, 0.1) is 11.8 Å². The molecule has 3 heterocycles. The highest BCUT2D eigenvalue weighted by Crippen LogP contribution is 2.70. The van der Waals surface area contributed by atoms with Gasteiger partial charge in [0.05, 0.1) is 0 Å². The molecule has 7 nitrogen and oxygen atoms in total. The van der Waals surface area contributed by atoms with Crippen molar-refractivity contribution in [2.75, 3.05) is 11.9 Å². The minimum atomic E-state index is -0.258. The number of allylic oxidation sites excluding steroid dienone is 2. The number of fused-ring (bicyclic) bond motifs is 3. The summed E-state index contributed by atoms with van der Waals surface area (Å²) in [6.07, 6.45) is 1.67. The zero-order chi connectivity index (χ0) is 26.5. The van der Waals surface area contributed by atoms with Gasteiger partial charge < -0.3 is 20.2 Å². The third kappa shape index (κ3) is 2.95. The predicted octanol–water partition coefficient (Wildman–Crippen LogP) is 5.64. The fourth-order valence-corrected chi connectivity index (χ4v) is 6.99. The molecule has 3 atom stereocenters. The summed E-state index contributed by atoms with van der Waals surface area (Å²) >= 11 is 0. The molecule has 0 radical (unpaired) electrons. The lowest BCUT2D eigenvalue weighted by Gasteiger charge is -2.30. The molecule has 0 bridgehead atoms. The van der Waals surface area contributed by atoms with Crippen molar-refractivity contribution in [3.63, 3.8) is 0 Å². The summed E-state index contributed by atoms with van der Waals surface area (Å²) in [6, 6.07) is 24.7. The quantitative estimate of drug-likeness (QED) is 0.292. The molecule has 3 aliphatic rings. The fourth-order valence-electron chi connectivity index (χ4n) is 6.99. The Morgan fingerprint density at radius 1 is 0.897 bits per heavy atom. The maximum Gasteiger partial charge on any atom is 0.274 e. The Morgan fingerprint density at radius 2 is 1.64 bits per heavy atom. The Morgan fingerprint density at radius 3 is 2.51 bits per heavy atom. The Hall–Kier alpha value is -4.91. The third-order valence-electron chi connectivity index (χ3n) is 8.93. The Balaban J connectivity index is 1.08. The maximum absolute atomic E-state index is 13.8. The van der Waals surface area contributed by atoms with Crippen LogP contribution in [0.2, 0.25) is 0 Å². The molecule has 7 heteroatoms. The molecule has 190 valence electrons. The Kier molecular flexibility index (Phi) is 4.29. The number of benzene rings is 3. The van der Waals surface area contributed by atoms with Crippen LogP contribution in [0.1, 0.15) is 43.8 Å². The van der Waals surface area contributed by atoms with E-state index in [1.165, 1.54) is 0 Å². The largest absolute Gasteiger partial charge is 0.351 e. The van der Waals surface area contributed by atoms with Crippen molar-refractivity contribution in [1.82, 2.24) is 14.9 Å². The van der Waals surface area contributed by atoms with Gasteiger partial charge in [-0.05, 0) is 53.8 Å². The number of nitrogens with one attached hydrogen (secondary N) is 3. The van der Waals surface area contributed by atoms with E-state index < -0.39 is 0 Å². The highest BCUT2D eigenvalue weighted by molar-refractivity contribution is 6.10. The van der Waals surface area contributed by atoms with Crippen LogP contribution in [0.4, 0.5) is 5.69 Å². The first-order valence-corrected chi connectivity index (χ1v) is 13.1. The second kappa shape index (κ2) is 7.57. The number of nitrogens with zero attached hydrogens (tertiary/aromatic N) is 1. The van der Waals surface area contributed by atoms with Crippen molar-refractivity contribution in [3.8, 4) is 0 Å². The monoisotopic (exact) mass is 512 g/mol. The minimum absolute atomic E-state index is 0.0456. The number of H-pyrrole nitrogens is 2. The molecule has 3 aromatic carbocycles. The summed E-state index contributed by atoms with van der Waals surface area (Å²) < 4.78 is 0. The zero-order valence-corrected chi connectivity index (χ0v) is 21.1. The summed E-state index contributed by atoms with van der Waals surface area (Å²) in [5.74, 6) is 0.260. The van der Waals surface area contributed by atoms with Crippen molar-refractivity contribution in [3.05, 3.63) is 113 Å². The average molecular weight is 513 g/mol. The zero-order valence-electron chi connectivity index (χ0n) is 21.1. The lowest BCUT2D eigenvalue weighted by molar-refractivity contribution is 0.0801. The number of carbonyl (C=O) groups is 3. The summed E-state index contributed by atoms with van der Waals surface area (Å²) in [5.41, 5.74) is 5.63. The number of hydrogen-bond acceptors (Lipinski definition) is 3. The van der Waals surface area contributed by atoms with Crippen LogP contribution >= 0.6 is 0 Å². The highest BCUT2D eigenvalue weighted by Gasteiger charge is 2.72. The van der Waals surface area contributed by atoms with E-state index in [0.717, 1.165) is 38.6 Å². The number of hydrogen-bond donors (Lipinski definition) is 3. The first-order chi connectivity index (χ1) is 18.9. The number of aromatic amines is 2. The lowest BCUT2D eigenvalue weighted by atomic mass is 9.80. The first-order valence-electron chi connectivity index (χ1n) is 13.1. The van der Waals surface area contributed by atoms with E-state index in [1.807, 2.05) is 78.9 Å². The van der Waals surface area contributed by atoms with Gasteiger partial charge in [0.2, 0.25) is 0 Å². The van der Waals surface area contributed by atoms with Gasteiger partial charge in [-0.1, -0.05) is 49.4 Å². The summed E-state index contributed by atoms with van der Waals surface area (Å²) in [5, 5.41) is 4.74. The number of rotatable bonds is 3. The number of likely N-dealkylation sites (tertiary alicyclic amines) is 1. The molecular formula is C32H24N4O3. The van der Waals surface area contributed by atoms with Crippen molar-refractivity contribution in [1.29, 1.82) is 0 Å². The summed E-state index contributed by atoms with van der Waals surface area (Å²) in [4.78, 5) is 47.8. The molecule has 1 aliphatic heterocycles. The molecular weight excluding hydrogens is 488 g/mol. The van der Waals surface area contributed by atoms with E-state index in [4.69, 9.17) is 0 Å².